The third-order valence-corrected chi connectivity index (χ3v) is 6.92. The highest BCUT2D eigenvalue weighted by Crippen LogP contribution is 2.22. The van der Waals surface area contributed by atoms with Gasteiger partial charge in [0.2, 0.25) is 5.43 Å². The number of nitrogens with one attached hydrogen (secondary N) is 1. The minimum Gasteiger partial charge on any atom is -0.493 e. The molecule has 3 heterocycles. The van der Waals surface area contributed by atoms with Crippen LogP contribution >= 0.6 is 0 Å². The van der Waals surface area contributed by atoms with E-state index in [-0.39, 0.29) is 15.7 Å². The third-order valence-electron chi connectivity index (χ3n) is 6.92. The minimum absolute atomic E-state index is 0.0110. The summed E-state index contributed by atoms with van der Waals surface area (Å²) >= 11 is 0. The normalized spacial score (nSPS) is 15.0. The van der Waals surface area contributed by atoms with Crippen LogP contribution < -0.4 is 20.6 Å². The molecule has 2 aromatic carbocycles. The number of fused-ring (bicyclic) bond motifs is 2. The number of H-pyrrole nitrogens is 1. The summed E-state index contributed by atoms with van der Waals surface area (Å²) in [5, 5.41) is 6.58. The Morgan fingerprint density at radius 2 is 1.82 bits per heavy atom. The molecule has 210 valence electrons. The zero-order valence-electron chi connectivity index (χ0n) is 21.3. The van der Waals surface area contributed by atoms with Gasteiger partial charge in [-0.15, -0.1) is 5.10 Å². The number of rotatable bonds is 8. The lowest BCUT2D eigenvalue weighted by Gasteiger charge is -2.32. The molecule has 0 aliphatic carbocycles. The first-order valence-electron chi connectivity index (χ1n) is 12.8. The summed E-state index contributed by atoms with van der Waals surface area (Å²) in [6.45, 7) is 3.37. The molecule has 2 aromatic heterocycles. The van der Waals surface area contributed by atoms with Crippen LogP contribution in [-0.2, 0) is 11.2 Å². The Morgan fingerprint density at radius 1 is 1.07 bits per heavy atom. The third kappa shape index (κ3) is 6.14. The summed E-state index contributed by atoms with van der Waals surface area (Å²) in [6.07, 6.45) is -1.15. The van der Waals surface area contributed by atoms with E-state index < -0.39 is 34.2 Å². The summed E-state index contributed by atoms with van der Waals surface area (Å²) in [5.41, 5.74) is -1.62. The average molecular weight is 558 g/mol. The maximum absolute atomic E-state index is 13.0. The molecule has 1 aliphatic rings. The first-order chi connectivity index (χ1) is 19.2. The molecule has 4 aromatic rings. The van der Waals surface area contributed by atoms with Crippen LogP contribution in [0.3, 0.4) is 0 Å². The van der Waals surface area contributed by atoms with Crippen molar-refractivity contribution >= 4 is 27.9 Å². The van der Waals surface area contributed by atoms with E-state index in [0.717, 1.165) is 45.3 Å². The fourth-order valence-electron chi connectivity index (χ4n) is 4.87. The van der Waals surface area contributed by atoms with E-state index in [0.29, 0.717) is 18.3 Å². The van der Waals surface area contributed by atoms with Crippen LogP contribution in [0.4, 0.5) is 13.2 Å². The molecule has 1 fully saturated rings. The topological polar surface area (TPSA) is 119 Å². The molecular weight excluding hydrogens is 531 g/mol. The standard InChI is InChI=1S/C27H26F3N5O5/c28-27(29,30)26(38)40-35-23-22(32-33-35)25(37)31-21-16-19(7-8-20(21)24(23)36)39-14-4-11-34-12-9-18(10-13-34)15-17-5-2-1-3-6-17/h1-3,5-8,16,18H,4,9-15H2,(H,31,37). The number of carbonyl (C=O) groups excluding carboxylic acids is 1. The Labute approximate surface area is 225 Å². The van der Waals surface area contributed by atoms with Crippen molar-refractivity contribution in [3.63, 3.8) is 0 Å². The fraction of sp³-hybridized carbons (Fsp3) is 0.370. The Balaban J connectivity index is 1.20. The second kappa shape index (κ2) is 11.5. The van der Waals surface area contributed by atoms with E-state index in [4.69, 9.17) is 4.74 Å². The number of halogens is 3. The van der Waals surface area contributed by atoms with Crippen LogP contribution in [0.25, 0.3) is 21.9 Å². The van der Waals surface area contributed by atoms with Crippen LogP contribution in [0, 0.1) is 5.92 Å². The lowest BCUT2D eigenvalue weighted by molar-refractivity contribution is -0.201. The van der Waals surface area contributed by atoms with E-state index >= 15 is 0 Å². The van der Waals surface area contributed by atoms with Crippen molar-refractivity contribution in [3.8, 4) is 5.75 Å². The lowest BCUT2D eigenvalue weighted by Crippen LogP contribution is -2.35. The van der Waals surface area contributed by atoms with Crippen LogP contribution in [0.1, 0.15) is 24.8 Å². The summed E-state index contributed by atoms with van der Waals surface area (Å²) < 4.78 is 43.7. The van der Waals surface area contributed by atoms with Gasteiger partial charge < -0.3 is 19.5 Å². The van der Waals surface area contributed by atoms with Crippen molar-refractivity contribution in [2.75, 3.05) is 26.2 Å². The molecule has 1 N–H and O–H groups in total. The molecule has 1 aliphatic heterocycles. The van der Waals surface area contributed by atoms with Gasteiger partial charge in [0.15, 0.2) is 11.0 Å². The molecule has 10 nitrogen and oxygen atoms in total. The Morgan fingerprint density at radius 3 is 2.55 bits per heavy atom. The molecule has 40 heavy (non-hydrogen) atoms. The Bertz CT molecular complexity index is 1630. The molecule has 0 spiro atoms. The summed E-state index contributed by atoms with van der Waals surface area (Å²) in [5.74, 6) is -1.52. The minimum atomic E-state index is -5.34. The van der Waals surface area contributed by atoms with Crippen molar-refractivity contribution in [1.82, 2.24) is 25.0 Å². The fourth-order valence-corrected chi connectivity index (χ4v) is 4.87. The summed E-state index contributed by atoms with van der Waals surface area (Å²) in [6, 6.07) is 14.8. The van der Waals surface area contributed by atoms with Gasteiger partial charge in [-0.05, 0) is 67.6 Å². The van der Waals surface area contributed by atoms with Crippen molar-refractivity contribution in [2.45, 2.75) is 31.9 Å². The first kappa shape index (κ1) is 27.3. The number of nitrogens with zero attached hydrogens (tertiary/aromatic N) is 4. The molecule has 0 radical (unpaired) electrons. The van der Waals surface area contributed by atoms with Gasteiger partial charge in [-0.1, -0.05) is 35.2 Å². The average Bonchev–Trinajstić information content (AvgIpc) is 3.31. The number of piperidine rings is 1. The lowest BCUT2D eigenvalue weighted by atomic mass is 9.90. The van der Waals surface area contributed by atoms with Gasteiger partial charge in [0.05, 0.1) is 12.1 Å². The number of alkyl halides is 3. The first-order valence-corrected chi connectivity index (χ1v) is 12.8. The number of aromatic amines is 1. The largest absolute Gasteiger partial charge is 0.493 e. The second-order valence-corrected chi connectivity index (χ2v) is 9.70. The molecule has 0 bridgehead atoms. The highest BCUT2D eigenvalue weighted by atomic mass is 19.4. The maximum atomic E-state index is 13.0. The number of ether oxygens (including phenoxy) is 1. The summed E-state index contributed by atoms with van der Waals surface area (Å²) in [7, 11) is 0. The predicted octanol–water partition coefficient (Wildman–Crippen LogP) is 2.87. The van der Waals surface area contributed by atoms with Gasteiger partial charge in [-0.25, -0.2) is 4.79 Å². The summed E-state index contributed by atoms with van der Waals surface area (Å²) in [4.78, 5) is 45.9. The van der Waals surface area contributed by atoms with E-state index in [1.54, 1.807) is 0 Å². The van der Waals surface area contributed by atoms with Crippen LogP contribution in [-0.4, -0.2) is 63.4 Å². The number of hydrogen-bond donors (Lipinski definition) is 1. The predicted molar refractivity (Wildman–Crippen MR) is 139 cm³/mol. The van der Waals surface area contributed by atoms with Crippen LogP contribution in [0.5, 0.6) is 5.75 Å². The molecule has 0 unspecified atom stereocenters. The van der Waals surface area contributed by atoms with E-state index in [1.807, 2.05) is 6.07 Å². The van der Waals surface area contributed by atoms with Crippen molar-refractivity contribution in [3.05, 3.63) is 74.7 Å². The number of benzene rings is 2. The van der Waals surface area contributed by atoms with Gasteiger partial charge in [0.25, 0.3) is 5.56 Å². The second-order valence-electron chi connectivity index (χ2n) is 9.70. The van der Waals surface area contributed by atoms with E-state index in [1.165, 1.54) is 23.8 Å². The zero-order chi connectivity index (χ0) is 28.3. The number of likely N-dealkylation sites (tertiary alicyclic amines) is 1. The Hall–Kier alpha value is -4.26. The number of aromatic nitrogens is 4. The van der Waals surface area contributed by atoms with Crippen molar-refractivity contribution in [2.24, 2.45) is 5.92 Å². The Kier molecular flexibility index (Phi) is 7.83. The molecule has 0 amide bonds. The number of hydrogen-bond acceptors (Lipinski definition) is 8. The molecular formula is C27H26F3N5O5. The van der Waals surface area contributed by atoms with Gasteiger partial charge in [-0.3, -0.25) is 9.59 Å². The molecule has 13 heteroatoms. The van der Waals surface area contributed by atoms with Gasteiger partial charge >= 0.3 is 12.1 Å². The smallest absolute Gasteiger partial charge is 0.493 e. The van der Waals surface area contributed by atoms with E-state index in [9.17, 15) is 27.6 Å². The molecule has 0 atom stereocenters. The van der Waals surface area contributed by atoms with Gasteiger partial charge in [0.1, 0.15) is 5.75 Å². The monoisotopic (exact) mass is 557 g/mol. The van der Waals surface area contributed by atoms with Gasteiger partial charge in [-0.2, -0.15) is 13.2 Å². The van der Waals surface area contributed by atoms with Crippen LogP contribution in [0.2, 0.25) is 0 Å². The van der Waals surface area contributed by atoms with Crippen molar-refractivity contribution in [1.29, 1.82) is 0 Å². The maximum Gasteiger partial charge on any atom is 0.493 e. The highest BCUT2D eigenvalue weighted by Gasteiger charge is 2.42. The molecule has 0 saturated carbocycles. The number of carbonyl (C=O) groups is 1. The van der Waals surface area contributed by atoms with Crippen molar-refractivity contribution < 1.29 is 27.5 Å². The quantitative estimate of drug-likeness (QED) is 0.260. The van der Waals surface area contributed by atoms with E-state index in [2.05, 4.69) is 49.3 Å². The van der Waals surface area contributed by atoms with Gasteiger partial charge in [0, 0.05) is 18.0 Å². The van der Waals surface area contributed by atoms with Crippen LogP contribution in [0.15, 0.2) is 58.1 Å². The molecule has 1 saturated heterocycles. The SMILES string of the molecule is O=C(On1nnc2c(=O)[nH]c3cc(OCCCN4CCC(Cc5ccccc5)CC4)ccc3c(=O)c21)C(F)(F)F. The zero-order valence-corrected chi connectivity index (χ0v) is 21.3. The molecule has 5 rings (SSSR count). The highest BCUT2D eigenvalue weighted by molar-refractivity contribution is 5.87.